The number of pyridine rings is 1. The second kappa shape index (κ2) is 7.46. The summed E-state index contributed by atoms with van der Waals surface area (Å²) in [4.78, 5) is 18.9. The zero-order valence-electron chi connectivity index (χ0n) is 15.6. The lowest BCUT2D eigenvalue weighted by Crippen LogP contribution is -2.45. The normalized spacial score (nSPS) is 18.3. The fourth-order valence-electron chi connectivity index (χ4n) is 4.05. The first-order chi connectivity index (χ1) is 12.0. The number of hydrogen-bond acceptors (Lipinski definition) is 4. The van der Waals surface area contributed by atoms with Gasteiger partial charge in [-0.05, 0) is 61.6 Å². The lowest BCUT2D eigenvalue weighted by Gasteiger charge is -2.37. The molecule has 4 heteroatoms. The van der Waals surface area contributed by atoms with Crippen LogP contribution in [0.4, 0.5) is 0 Å². The van der Waals surface area contributed by atoms with Gasteiger partial charge in [-0.1, -0.05) is 12.1 Å². The number of benzene rings is 1. The molecule has 2 heterocycles. The van der Waals surface area contributed by atoms with E-state index in [0.29, 0.717) is 6.04 Å². The first-order valence-corrected chi connectivity index (χ1v) is 8.94. The van der Waals surface area contributed by atoms with Gasteiger partial charge in [0.15, 0.2) is 5.78 Å². The number of nitrogens with one attached hydrogen (secondary N) is 1. The molecule has 0 spiro atoms. The van der Waals surface area contributed by atoms with Crippen LogP contribution in [0.15, 0.2) is 30.6 Å². The summed E-state index contributed by atoms with van der Waals surface area (Å²) in [7, 11) is 0. The smallest absolute Gasteiger partial charge is 0.160 e. The SMILES string of the molecule is CC(=O)c1c(C)cc(C)c(CN2CCNCC2c2cccnc2)c1C. The molecule has 4 nitrogen and oxygen atoms in total. The van der Waals surface area contributed by atoms with Gasteiger partial charge in [-0.25, -0.2) is 0 Å². The molecular weight excluding hydrogens is 310 g/mol. The van der Waals surface area contributed by atoms with Crippen molar-refractivity contribution >= 4 is 5.78 Å². The predicted octanol–water partition coefficient (Wildman–Crippen LogP) is 3.36. The number of carbonyl (C=O) groups excluding carboxylic acids is 1. The fourth-order valence-corrected chi connectivity index (χ4v) is 4.05. The molecule has 3 rings (SSSR count). The zero-order chi connectivity index (χ0) is 18.0. The Balaban J connectivity index is 1.95. The minimum atomic E-state index is 0.153. The van der Waals surface area contributed by atoms with Gasteiger partial charge in [-0.2, -0.15) is 0 Å². The van der Waals surface area contributed by atoms with E-state index in [-0.39, 0.29) is 5.78 Å². The topological polar surface area (TPSA) is 45.2 Å². The Morgan fingerprint density at radius 3 is 2.80 bits per heavy atom. The summed E-state index contributed by atoms with van der Waals surface area (Å²) in [5.74, 6) is 0.153. The molecule has 0 radical (unpaired) electrons. The number of Topliss-reactive ketones (excluding diaryl/α,β-unsaturated/α-hetero) is 1. The van der Waals surface area contributed by atoms with Gasteiger partial charge in [0, 0.05) is 50.2 Å². The van der Waals surface area contributed by atoms with Gasteiger partial charge < -0.3 is 5.32 Å². The molecule has 1 N–H and O–H groups in total. The molecule has 1 aliphatic heterocycles. The number of hydrogen-bond donors (Lipinski definition) is 1. The highest BCUT2D eigenvalue weighted by molar-refractivity contribution is 5.97. The molecule has 1 saturated heterocycles. The Kier molecular flexibility index (Phi) is 5.30. The molecule has 2 aromatic rings. The third kappa shape index (κ3) is 3.65. The third-order valence-corrected chi connectivity index (χ3v) is 5.27. The van der Waals surface area contributed by atoms with Crippen molar-refractivity contribution in [1.82, 2.24) is 15.2 Å². The van der Waals surface area contributed by atoms with E-state index in [0.717, 1.165) is 42.9 Å². The van der Waals surface area contributed by atoms with E-state index >= 15 is 0 Å². The Labute approximate surface area is 150 Å². The van der Waals surface area contributed by atoms with Gasteiger partial charge in [-0.15, -0.1) is 0 Å². The Bertz CT molecular complexity index is 770. The Morgan fingerprint density at radius 1 is 1.32 bits per heavy atom. The van der Waals surface area contributed by atoms with E-state index in [1.165, 1.54) is 16.7 Å². The van der Waals surface area contributed by atoms with Gasteiger partial charge in [-0.3, -0.25) is 14.7 Å². The lowest BCUT2D eigenvalue weighted by atomic mass is 9.90. The van der Waals surface area contributed by atoms with Gasteiger partial charge in [0.25, 0.3) is 0 Å². The van der Waals surface area contributed by atoms with Crippen LogP contribution in [0.5, 0.6) is 0 Å². The summed E-state index contributed by atoms with van der Waals surface area (Å²) in [6, 6.07) is 6.61. The summed E-state index contributed by atoms with van der Waals surface area (Å²) in [6.07, 6.45) is 3.78. The predicted molar refractivity (Wildman–Crippen MR) is 101 cm³/mol. The molecule has 0 bridgehead atoms. The summed E-state index contributed by atoms with van der Waals surface area (Å²) in [5.41, 5.74) is 6.89. The quantitative estimate of drug-likeness (QED) is 0.869. The van der Waals surface area contributed by atoms with Crippen LogP contribution in [0, 0.1) is 20.8 Å². The molecule has 1 aromatic heterocycles. The minimum absolute atomic E-state index is 0.153. The van der Waals surface area contributed by atoms with Crippen LogP contribution >= 0.6 is 0 Å². The summed E-state index contributed by atoms with van der Waals surface area (Å²) in [6.45, 7) is 11.7. The van der Waals surface area contributed by atoms with E-state index in [4.69, 9.17) is 0 Å². The average Bonchev–Trinajstić information content (AvgIpc) is 2.59. The second-order valence-corrected chi connectivity index (χ2v) is 7.02. The maximum atomic E-state index is 12.1. The zero-order valence-corrected chi connectivity index (χ0v) is 15.6. The molecule has 0 amide bonds. The number of ketones is 1. The molecule has 132 valence electrons. The molecule has 1 aromatic carbocycles. The van der Waals surface area contributed by atoms with E-state index in [2.05, 4.69) is 41.2 Å². The maximum Gasteiger partial charge on any atom is 0.160 e. The fraction of sp³-hybridized carbons (Fsp3) is 0.429. The van der Waals surface area contributed by atoms with Gasteiger partial charge >= 0.3 is 0 Å². The van der Waals surface area contributed by atoms with Crippen molar-refractivity contribution < 1.29 is 4.79 Å². The molecule has 1 fully saturated rings. The van der Waals surface area contributed by atoms with Crippen molar-refractivity contribution in [2.24, 2.45) is 0 Å². The molecule has 1 aliphatic rings. The molecular formula is C21H27N3O. The van der Waals surface area contributed by atoms with Crippen LogP contribution < -0.4 is 5.32 Å². The Hall–Kier alpha value is -2.04. The summed E-state index contributed by atoms with van der Waals surface area (Å²) >= 11 is 0. The number of piperazine rings is 1. The number of aromatic nitrogens is 1. The van der Waals surface area contributed by atoms with Crippen LogP contribution in [0.25, 0.3) is 0 Å². The van der Waals surface area contributed by atoms with Gasteiger partial charge in [0.2, 0.25) is 0 Å². The first kappa shape index (κ1) is 17.8. The largest absolute Gasteiger partial charge is 0.314 e. The minimum Gasteiger partial charge on any atom is -0.314 e. The highest BCUT2D eigenvalue weighted by atomic mass is 16.1. The van der Waals surface area contributed by atoms with Gasteiger partial charge in [0.1, 0.15) is 0 Å². The molecule has 25 heavy (non-hydrogen) atoms. The second-order valence-electron chi connectivity index (χ2n) is 7.02. The van der Waals surface area contributed by atoms with Crippen LogP contribution in [-0.4, -0.2) is 35.3 Å². The van der Waals surface area contributed by atoms with E-state index in [1.807, 2.05) is 25.4 Å². The highest BCUT2D eigenvalue weighted by Gasteiger charge is 2.25. The van der Waals surface area contributed by atoms with Crippen molar-refractivity contribution in [2.45, 2.75) is 40.3 Å². The van der Waals surface area contributed by atoms with E-state index < -0.39 is 0 Å². The van der Waals surface area contributed by atoms with E-state index in [1.54, 1.807) is 6.92 Å². The van der Waals surface area contributed by atoms with Crippen molar-refractivity contribution in [2.75, 3.05) is 19.6 Å². The standard InChI is InChI=1S/C21H27N3O/c1-14-10-15(2)21(17(4)25)16(3)19(14)13-24-9-8-23-12-20(24)18-6-5-7-22-11-18/h5-7,10-11,20,23H,8-9,12-13H2,1-4H3. The van der Waals surface area contributed by atoms with Crippen molar-refractivity contribution in [1.29, 1.82) is 0 Å². The monoisotopic (exact) mass is 337 g/mol. The molecule has 1 atom stereocenters. The van der Waals surface area contributed by atoms with Gasteiger partial charge in [0.05, 0.1) is 0 Å². The van der Waals surface area contributed by atoms with Crippen molar-refractivity contribution in [3.63, 3.8) is 0 Å². The van der Waals surface area contributed by atoms with Crippen LogP contribution in [0.1, 0.15) is 51.1 Å². The van der Waals surface area contributed by atoms with Crippen molar-refractivity contribution in [3.8, 4) is 0 Å². The van der Waals surface area contributed by atoms with Crippen LogP contribution in [-0.2, 0) is 6.54 Å². The number of carbonyl (C=O) groups is 1. The Morgan fingerprint density at radius 2 is 2.12 bits per heavy atom. The first-order valence-electron chi connectivity index (χ1n) is 8.94. The summed E-state index contributed by atoms with van der Waals surface area (Å²) in [5, 5.41) is 3.49. The average molecular weight is 337 g/mol. The molecule has 0 saturated carbocycles. The van der Waals surface area contributed by atoms with Crippen LogP contribution in [0.2, 0.25) is 0 Å². The van der Waals surface area contributed by atoms with Crippen LogP contribution in [0.3, 0.4) is 0 Å². The number of rotatable bonds is 4. The number of nitrogens with zero attached hydrogens (tertiary/aromatic N) is 2. The highest BCUT2D eigenvalue weighted by Crippen LogP contribution is 2.28. The number of aryl methyl sites for hydroxylation is 2. The molecule has 1 unspecified atom stereocenters. The van der Waals surface area contributed by atoms with Crippen molar-refractivity contribution in [3.05, 3.63) is 64.0 Å². The lowest BCUT2D eigenvalue weighted by molar-refractivity contribution is 0.101. The van der Waals surface area contributed by atoms with E-state index in [9.17, 15) is 4.79 Å². The molecule has 0 aliphatic carbocycles. The summed E-state index contributed by atoms with van der Waals surface area (Å²) < 4.78 is 0. The third-order valence-electron chi connectivity index (χ3n) is 5.27. The maximum absolute atomic E-state index is 12.1.